The summed E-state index contributed by atoms with van der Waals surface area (Å²) in [6.45, 7) is 7.18. The molecule has 94 valence electrons. The predicted molar refractivity (Wildman–Crippen MR) is 64.3 cm³/mol. The standard InChI is InChI=1S/C12H24N2O2/c1-3-4-10(2)14-12(15)8-13-7-11-5-6-16-9-11/h10-11,13H,3-9H2,1-2H3,(H,14,15). The summed E-state index contributed by atoms with van der Waals surface area (Å²) in [5, 5.41) is 6.16. The number of hydrogen-bond donors (Lipinski definition) is 2. The highest BCUT2D eigenvalue weighted by molar-refractivity contribution is 5.78. The smallest absolute Gasteiger partial charge is 0.234 e. The van der Waals surface area contributed by atoms with Gasteiger partial charge in [-0.1, -0.05) is 13.3 Å². The average Bonchev–Trinajstić information content (AvgIpc) is 2.70. The Kier molecular flexibility index (Phi) is 6.42. The molecule has 1 saturated heterocycles. The van der Waals surface area contributed by atoms with E-state index in [0.717, 1.165) is 39.0 Å². The van der Waals surface area contributed by atoms with Gasteiger partial charge < -0.3 is 15.4 Å². The zero-order valence-electron chi connectivity index (χ0n) is 10.4. The van der Waals surface area contributed by atoms with Crippen LogP contribution in [-0.2, 0) is 9.53 Å². The summed E-state index contributed by atoms with van der Waals surface area (Å²) < 4.78 is 5.27. The van der Waals surface area contributed by atoms with Crippen LogP contribution in [0.3, 0.4) is 0 Å². The molecular weight excluding hydrogens is 204 g/mol. The van der Waals surface area contributed by atoms with Crippen molar-refractivity contribution in [2.24, 2.45) is 5.92 Å². The van der Waals surface area contributed by atoms with Crippen molar-refractivity contribution in [1.29, 1.82) is 0 Å². The molecule has 1 aliphatic rings. The van der Waals surface area contributed by atoms with Crippen molar-refractivity contribution in [3.8, 4) is 0 Å². The van der Waals surface area contributed by atoms with E-state index in [-0.39, 0.29) is 11.9 Å². The van der Waals surface area contributed by atoms with E-state index < -0.39 is 0 Å². The molecule has 4 heteroatoms. The molecule has 1 amide bonds. The first-order chi connectivity index (χ1) is 7.72. The molecule has 1 heterocycles. The molecule has 2 N–H and O–H groups in total. The zero-order chi connectivity index (χ0) is 11.8. The number of nitrogens with one attached hydrogen (secondary N) is 2. The van der Waals surface area contributed by atoms with E-state index in [1.165, 1.54) is 0 Å². The van der Waals surface area contributed by atoms with E-state index in [1.807, 2.05) is 6.92 Å². The SMILES string of the molecule is CCCC(C)NC(=O)CNCC1CCOC1. The van der Waals surface area contributed by atoms with E-state index in [9.17, 15) is 4.79 Å². The summed E-state index contributed by atoms with van der Waals surface area (Å²) in [6, 6.07) is 0.286. The molecule has 0 radical (unpaired) electrons. The van der Waals surface area contributed by atoms with Gasteiger partial charge in [0, 0.05) is 19.2 Å². The van der Waals surface area contributed by atoms with E-state index >= 15 is 0 Å². The Morgan fingerprint density at radius 2 is 2.38 bits per heavy atom. The van der Waals surface area contributed by atoms with Gasteiger partial charge in [-0.3, -0.25) is 4.79 Å². The third-order valence-corrected chi connectivity index (χ3v) is 2.87. The number of rotatable bonds is 7. The van der Waals surface area contributed by atoms with Gasteiger partial charge in [0.2, 0.25) is 5.91 Å². The highest BCUT2D eigenvalue weighted by atomic mass is 16.5. The molecule has 1 rings (SSSR count). The van der Waals surface area contributed by atoms with Crippen molar-refractivity contribution in [2.45, 2.75) is 39.2 Å². The molecule has 0 saturated carbocycles. The van der Waals surface area contributed by atoms with Gasteiger partial charge >= 0.3 is 0 Å². The maximum atomic E-state index is 11.5. The molecule has 0 aromatic rings. The second-order valence-electron chi connectivity index (χ2n) is 4.62. The molecule has 2 unspecified atom stereocenters. The normalized spacial score (nSPS) is 22.0. The van der Waals surface area contributed by atoms with Gasteiger partial charge in [0.05, 0.1) is 13.2 Å². The van der Waals surface area contributed by atoms with Crippen molar-refractivity contribution in [3.05, 3.63) is 0 Å². The molecule has 0 aliphatic carbocycles. The van der Waals surface area contributed by atoms with Gasteiger partial charge in [-0.15, -0.1) is 0 Å². The fourth-order valence-corrected chi connectivity index (χ4v) is 1.97. The molecule has 0 bridgehead atoms. The van der Waals surface area contributed by atoms with Gasteiger partial charge in [0.25, 0.3) is 0 Å². The lowest BCUT2D eigenvalue weighted by Crippen LogP contribution is -2.40. The number of carbonyl (C=O) groups is 1. The van der Waals surface area contributed by atoms with Gasteiger partial charge in [0.15, 0.2) is 0 Å². The fraction of sp³-hybridized carbons (Fsp3) is 0.917. The Labute approximate surface area is 98.1 Å². The molecule has 0 aromatic carbocycles. The lowest BCUT2D eigenvalue weighted by atomic mass is 10.1. The summed E-state index contributed by atoms with van der Waals surface area (Å²) in [6.07, 6.45) is 3.26. The van der Waals surface area contributed by atoms with Crippen molar-refractivity contribution in [1.82, 2.24) is 10.6 Å². The van der Waals surface area contributed by atoms with Gasteiger partial charge in [-0.25, -0.2) is 0 Å². The van der Waals surface area contributed by atoms with Crippen LogP contribution in [0.25, 0.3) is 0 Å². The number of amides is 1. The molecule has 2 atom stereocenters. The maximum Gasteiger partial charge on any atom is 0.234 e. The summed E-state index contributed by atoms with van der Waals surface area (Å²) in [7, 11) is 0. The van der Waals surface area contributed by atoms with Crippen LogP contribution in [0.5, 0.6) is 0 Å². The minimum absolute atomic E-state index is 0.0971. The van der Waals surface area contributed by atoms with Crippen LogP contribution in [0.4, 0.5) is 0 Å². The van der Waals surface area contributed by atoms with E-state index in [0.29, 0.717) is 12.5 Å². The van der Waals surface area contributed by atoms with E-state index in [1.54, 1.807) is 0 Å². The molecule has 1 aliphatic heterocycles. The van der Waals surface area contributed by atoms with Crippen molar-refractivity contribution >= 4 is 5.91 Å². The second-order valence-corrected chi connectivity index (χ2v) is 4.62. The highest BCUT2D eigenvalue weighted by Gasteiger charge is 2.15. The van der Waals surface area contributed by atoms with Crippen LogP contribution in [0.1, 0.15) is 33.1 Å². The number of ether oxygens (including phenoxy) is 1. The van der Waals surface area contributed by atoms with Crippen LogP contribution in [0.15, 0.2) is 0 Å². The maximum absolute atomic E-state index is 11.5. The molecule has 1 fully saturated rings. The summed E-state index contributed by atoms with van der Waals surface area (Å²) in [5.74, 6) is 0.681. The first-order valence-electron chi connectivity index (χ1n) is 6.30. The van der Waals surface area contributed by atoms with E-state index in [4.69, 9.17) is 4.74 Å². The lowest BCUT2D eigenvalue weighted by Gasteiger charge is -2.14. The largest absolute Gasteiger partial charge is 0.381 e. The van der Waals surface area contributed by atoms with E-state index in [2.05, 4.69) is 17.6 Å². The van der Waals surface area contributed by atoms with Crippen molar-refractivity contribution < 1.29 is 9.53 Å². The summed E-state index contributed by atoms with van der Waals surface area (Å²) in [4.78, 5) is 11.5. The third-order valence-electron chi connectivity index (χ3n) is 2.87. The second kappa shape index (κ2) is 7.63. The highest BCUT2D eigenvalue weighted by Crippen LogP contribution is 2.10. The quantitative estimate of drug-likeness (QED) is 0.681. The molecule has 16 heavy (non-hydrogen) atoms. The zero-order valence-corrected chi connectivity index (χ0v) is 10.4. The van der Waals surface area contributed by atoms with Crippen LogP contribution in [0.2, 0.25) is 0 Å². The first-order valence-corrected chi connectivity index (χ1v) is 6.30. The molecular formula is C12H24N2O2. The van der Waals surface area contributed by atoms with Crippen LogP contribution in [-0.4, -0.2) is 38.3 Å². The Balaban J connectivity index is 2.01. The van der Waals surface area contributed by atoms with Crippen molar-refractivity contribution in [2.75, 3.05) is 26.3 Å². The van der Waals surface area contributed by atoms with Crippen LogP contribution in [0, 0.1) is 5.92 Å². The summed E-state index contributed by atoms with van der Waals surface area (Å²) >= 11 is 0. The Morgan fingerprint density at radius 1 is 1.56 bits per heavy atom. The van der Waals surface area contributed by atoms with Crippen LogP contribution < -0.4 is 10.6 Å². The number of hydrogen-bond acceptors (Lipinski definition) is 3. The topological polar surface area (TPSA) is 50.4 Å². The number of carbonyl (C=O) groups excluding carboxylic acids is 1. The third kappa shape index (κ3) is 5.47. The van der Waals surface area contributed by atoms with Crippen molar-refractivity contribution in [3.63, 3.8) is 0 Å². The summed E-state index contributed by atoms with van der Waals surface area (Å²) in [5.41, 5.74) is 0. The first kappa shape index (κ1) is 13.5. The fourth-order valence-electron chi connectivity index (χ4n) is 1.97. The molecule has 0 spiro atoms. The minimum atomic E-state index is 0.0971. The molecule has 4 nitrogen and oxygen atoms in total. The average molecular weight is 228 g/mol. The van der Waals surface area contributed by atoms with Gasteiger partial charge in [-0.05, 0) is 25.7 Å². The Morgan fingerprint density at radius 3 is 3.00 bits per heavy atom. The monoisotopic (exact) mass is 228 g/mol. The predicted octanol–water partition coefficient (Wildman–Crippen LogP) is 0.917. The van der Waals surface area contributed by atoms with Gasteiger partial charge in [-0.2, -0.15) is 0 Å². The Bertz CT molecular complexity index is 203. The van der Waals surface area contributed by atoms with Gasteiger partial charge in [0.1, 0.15) is 0 Å². The van der Waals surface area contributed by atoms with Crippen LogP contribution >= 0.6 is 0 Å². The minimum Gasteiger partial charge on any atom is -0.381 e. The molecule has 0 aromatic heterocycles. The Hall–Kier alpha value is -0.610. The lowest BCUT2D eigenvalue weighted by molar-refractivity contribution is -0.120.